The summed E-state index contributed by atoms with van der Waals surface area (Å²) in [5.41, 5.74) is 3.41. The van der Waals surface area contributed by atoms with Crippen molar-refractivity contribution in [2.45, 2.75) is 13.8 Å². The van der Waals surface area contributed by atoms with Crippen molar-refractivity contribution < 1.29 is 9.59 Å². The van der Waals surface area contributed by atoms with Gasteiger partial charge >= 0.3 is 0 Å². The first-order valence-electron chi connectivity index (χ1n) is 7.45. The summed E-state index contributed by atoms with van der Waals surface area (Å²) in [6.45, 7) is 3.84. The third kappa shape index (κ3) is 5.58. The lowest BCUT2D eigenvalue weighted by Crippen LogP contribution is -2.18. The number of halogens is 1. The first-order valence-corrected chi connectivity index (χ1v) is 8.98. The summed E-state index contributed by atoms with van der Waals surface area (Å²) < 4.78 is 0. The highest BCUT2D eigenvalue weighted by Gasteiger charge is 2.09. The Kier molecular flexibility index (Phi) is 6.70. The van der Waals surface area contributed by atoms with Gasteiger partial charge in [-0.3, -0.25) is 9.59 Å². The first kappa shape index (κ1) is 18.4. The Morgan fingerprint density at radius 2 is 1.58 bits per heavy atom. The second-order valence-corrected chi connectivity index (χ2v) is 6.76. The van der Waals surface area contributed by atoms with Gasteiger partial charge in [0.2, 0.25) is 11.8 Å². The molecule has 2 amide bonds. The molecule has 0 radical (unpaired) electrons. The molecule has 0 bridgehead atoms. The molecule has 0 atom stereocenters. The Labute approximate surface area is 151 Å². The summed E-state index contributed by atoms with van der Waals surface area (Å²) in [5.74, 6) is 0.132. The van der Waals surface area contributed by atoms with Crippen molar-refractivity contribution in [3.8, 4) is 0 Å². The number of nitrogens with one attached hydrogen (secondary N) is 2. The fourth-order valence-electron chi connectivity index (χ4n) is 2.00. The Balaban J connectivity index is 1.75. The van der Waals surface area contributed by atoms with E-state index >= 15 is 0 Å². The standard InChI is InChI=1S/C18H19ClN2O2S/c1-12-6-8-14(9-7-12)20-17(22)10-24-11-18(23)21-16-5-3-4-15(19)13(16)2/h3-9H,10-11H2,1-2H3,(H,20,22)(H,21,23). The molecule has 126 valence electrons. The largest absolute Gasteiger partial charge is 0.325 e. The molecule has 0 unspecified atom stereocenters. The number of carbonyl (C=O) groups excluding carboxylic acids is 2. The van der Waals surface area contributed by atoms with Crippen molar-refractivity contribution >= 4 is 46.6 Å². The summed E-state index contributed by atoms with van der Waals surface area (Å²) in [6.07, 6.45) is 0. The molecule has 0 spiro atoms. The fraction of sp³-hybridized carbons (Fsp3) is 0.222. The van der Waals surface area contributed by atoms with Crippen molar-refractivity contribution in [2.24, 2.45) is 0 Å². The zero-order chi connectivity index (χ0) is 17.5. The minimum Gasteiger partial charge on any atom is -0.325 e. The zero-order valence-corrected chi connectivity index (χ0v) is 15.1. The SMILES string of the molecule is Cc1ccc(NC(=O)CSCC(=O)Nc2cccc(Cl)c2C)cc1. The van der Waals surface area contributed by atoms with Crippen LogP contribution in [0.25, 0.3) is 0 Å². The van der Waals surface area contributed by atoms with Crippen LogP contribution in [0.3, 0.4) is 0 Å². The molecular weight excluding hydrogens is 344 g/mol. The molecule has 0 aliphatic heterocycles. The minimum absolute atomic E-state index is 0.129. The molecule has 24 heavy (non-hydrogen) atoms. The van der Waals surface area contributed by atoms with E-state index in [4.69, 9.17) is 11.6 Å². The summed E-state index contributed by atoms with van der Waals surface area (Å²) in [4.78, 5) is 23.8. The fourth-order valence-corrected chi connectivity index (χ4v) is 2.79. The van der Waals surface area contributed by atoms with E-state index in [0.29, 0.717) is 10.7 Å². The van der Waals surface area contributed by atoms with Gasteiger partial charge in [0.1, 0.15) is 0 Å². The van der Waals surface area contributed by atoms with Crippen LogP contribution in [-0.2, 0) is 9.59 Å². The topological polar surface area (TPSA) is 58.2 Å². The van der Waals surface area contributed by atoms with Crippen LogP contribution in [0, 0.1) is 13.8 Å². The number of thioether (sulfide) groups is 1. The third-order valence-corrected chi connectivity index (χ3v) is 4.69. The summed E-state index contributed by atoms with van der Waals surface area (Å²) in [5, 5.41) is 6.21. The minimum atomic E-state index is -0.159. The molecule has 2 aromatic carbocycles. The van der Waals surface area contributed by atoms with Crippen LogP contribution in [0.2, 0.25) is 5.02 Å². The van der Waals surface area contributed by atoms with Crippen molar-refractivity contribution in [2.75, 3.05) is 22.1 Å². The lowest BCUT2D eigenvalue weighted by molar-refractivity contribution is -0.114. The number of rotatable bonds is 6. The molecule has 0 aliphatic rings. The molecule has 0 saturated carbocycles. The first-order chi connectivity index (χ1) is 11.5. The Morgan fingerprint density at radius 3 is 2.25 bits per heavy atom. The summed E-state index contributed by atoms with van der Waals surface area (Å²) in [7, 11) is 0. The van der Waals surface area contributed by atoms with Gasteiger partial charge in [-0.1, -0.05) is 35.4 Å². The van der Waals surface area contributed by atoms with Crippen molar-refractivity contribution in [3.63, 3.8) is 0 Å². The number of benzene rings is 2. The van der Waals surface area contributed by atoms with Crippen LogP contribution in [0.15, 0.2) is 42.5 Å². The van der Waals surface area contributed by atoms with E-state index in [-0.39, 0.29) is 23.3 Å². The van der Waals surface area contributed by atoms with E-state index in [1.54, 1.807) is 18.2 Å². The van der Waals surface area contributed by atoms with Gasteiger partial charge in [0.25, 0.3) is 0 Å². The number of anilines is 2. The molecule has 0 aromatic heterocycles. The van der Waals surface area contributed by atoms with Gasteiger partial charge in [-0.05, 0) is 43.7 Å². The monoisotopic (exact) mass is 362 g/mol. The normalized spacial score (nSPS) is 10.3. The molecule has 6 heteroatoms. The van der Waals surface area contributed by atoms with Gasteiger partial charge in [-0.15, -0.1) is 11.8 Å². The van der Waals surface area contributed by atoms with E-state index in [9.17, 15) is 9.59 Å². The van der Waals surface area contributed by atoms with Crippen LogP contribution in [0.5, 0.6) is 0 Å². The van der Waals surface area contributed by atoms with Gasteiger partial charge in [-0.25, -0.2) is 0 Å². The average molecular weight is 363 g/mol. The Morgan fingerprint density at radius 1 is 0.958 bits per heavy atom. The summed E-state index contributed by atoms with van der Waals surface area (Å²) in [6, 6.07) is 12.9. The maximum atomic E-state index is 11.9. The van der Waals surface area contributed by atoms with E-state index in [1.807, 2.05) is 38.1 Å². The van der Waals surface area contributed by atoms with Crippen LogP contribution in [-0.4, -0.2) is 23.3 Å². The number of amides is 2. The van der Waals surface area contributed by atoms with Crippen LogP contribution in [0.1, 0.15) is 11.1 Å². The Hall–Kier alpha value is -1.98. The van der Waals surface area contributed by atoms with Crippen molar-refractivity contribution in [3.05, 3.63) is 58.6 Å². The quantitative estimate of drug-likeness (QED) is 0.806. The Bertz CT molecular complexity index is 732. The molecule has 4 nitrogen and oxygen atoms in total. The lowest BCUT2D eigenvalue weighted by Gasteiger charge is -2.09. The van der Waals surface area contributed by atoms with Gasteiger partial charge in [0.05, 0.1) is 11.5 Å². The number of hydrogen-bond acceptors (Lipinski definition) is 3. The molecule has 0 fully saturated rings. The van der Waals surface area contributed by atoms with Crippen LogP contribution in [0.4, 0.5) is 11.4 Å². The molecule has 2 aromatic rings. The molecular formula is C18H19ClN2O2S. The molecule has 0 heterocycles. The molecule has 0 aliphatic carbocycles. The second kappa shape index (κ2) is 8.76. The van der Waals surface area contributed by atoms with Crippen LogP contribution < -0.4 is 10.6 Å². The van der Waals surface area contributed by atoms with E-state index in [1.165, 1.54) is 11.8 Å². The average Bonchev–Trinajstić information content (AvgIpc) is 2.54. The molecule has 0 saturated heterocycles. The highest BCUT2D eigenvalue weighted by molar-refractivity contribution is 8.00. The maximum absolute atomic E-state index is 11.9. The van der Waals surface area contributed by atoms with Gasteiger partial charge in [0.15, 0.2) is 0 Å². The predicted molar refractivity (Wildman–Crippen MR) is 102 cm³/mol. The highest BCUT2D eigenvalue weighted by Crippen LogP contribution is 2.23. The van der Waals surface area contributed by atoms with Gasteiger partial charge in [0, 0.05) is 16.4 Å². The molecule has 2 rings (SSSR count). The smallest absolute Gasteiger partial charge is 0.234 e. The lowest BCUT2D eigenvalue weighted by atomic mass is 10.2. The van der Waals surface area contributed by atoms with Gasteiger partial charge < -0.3 is 10.6 Å². The number of aryl methyl sites for hydroxylation is 1. The summed E-state index contributed by atoms with van der Waals surface area (Å²) >= 11 is 7.28. The van der Waals surface area contributed by atoms with Crippen LogP contribution >= 0.6 is 23.4 Å². The van der Waals surface area contributed by atoms with E-state index in [0.717, 1.165) is 16.8 Å². The third-order valence-electron chi connectivity index (χ3n) is 3.34. The number of hydrogen-bond donors (Lipinski definition) is 2. The van der Waals surface area contributed by atoms with Crippen molar-refractivity contribution in [1.29, 1.82) is 0 Å². The zero-order valence-electron chi connectivity index (χ0n) is 13.6. The van der Waals surface area contributed by atoms with Gasteiger partial charge in [-0.2, -0.15) is 0 Å². The highest BCUT2D eigenvalue weighted by atomic mass is 35.5. The predicted octanol–water partition coefficient (Wildman–Crippen LogP) is 4.27. The number of carbonyl (C=O) groups is 2. The second-order valence-electron chi connectivity index (χ2n) is 5.37. The van der Waals surface area contributed by atoms with E-state index < -0.39 is 0 Å². The van der Waals surface area contributed by atoms with Crippen molar-refractivity contribution in [1.82, 2.24) is 0 Å². The van der Waals surface area contributed by atoms with E-state index in [2.05, 4.69) is 10.6 Å². The molecule has 2 N–H and O–H groups in total. The maximum Gasteiger partial charge on any atom is 0.234 e.